The summed E-state index contributed by atoms with van der Waals surface area (Å²) in [5.41, 5.74) is 3.97. The van der Waals surface area contributed by atoms with E-state index in [0.717, 1.165) is 38.5 Å². The summed E-state index contributed by atoms with van der Waals surface area (Å²) in [5.74, 6) is -1.29. The lowest BCUT2D eigenvalue weighted by Crippen LogP contribution is -2.27. The lowest BCUT2D eigenvalue weighted by atomic mass is 10.0. The van der Waals surface area contributed by atoms with Gasteiger partial charge in [0, 0.05) is 29.1 Å². The number of aromatic nitrogens is 3. The number of aromatic amines is 1. The van der Waals surface area contributed by atoms with Gasteiger partial charge in [0.1, 0.15) is 0 Å². The number of amides is 1. The summed E-state index contributed by atoms with van der Waals surface area (Å²) < 4.78 is 0. The summed E-state index contributed by atoms with van der Waals surface area (Å²) in [4.78, 5) is 28.8. The second kappa shape index (κ2) is 8.78. The number of nitrogens with one attached hydrogen (secondary N) is 2. The quantitative estimate of drug-likeness (QED) is 0.341. The summed E-state index contributed by atoms with van der Waals surface area (Å²) in [6, 6.07) is 22.1. The zero-order valence-corrected chi connectivity index (χ0v) is 18.4. The summed E-state index contributed by atoms with van der Waals surface area (Å²) in [7, 11) is 0. The maximum Gasteiger partial charge on any atom is 0.335 e. The Kier molecular flexibility index (Phi) is 5.51. The van der Waals surface area contributed by atoms with Crippen LogP contribution in [0.25, 0.3) is 21.7 Å². The largest absolute Gasteiger partial charge is 0.478 e. The first-order chi connectivity index (χ1) is 16.5. The summed E-state index contributed by atoms with van der Waals surface area (Å²) in [6.07, 6.45) is 2.43. The van der Waals surface area contributed by atoms with Crippen molar-refractivity contribution in [3.8, 4) is 0 Å². The van der Waals surface area contributed by atoms with Gasteiger partial charge in [-0.25, -0.2) is 4.79 Å². The number of carbonyl (C=O) groups is 2. The molecule has 1 amide bonds. The molecular weight excluding hydrogens is 428 g/mol. The Bertz CT molecular complexity index is 1520. The molecule has 7 heteroatoms. The number of benzene rings is 3. The van der Waals surface area contributed by atoms with Crippen LogP contribution in [0, 0.1) is 0 Å². The first-order valence-electron chi connectivity index (χ1n) is 10.9. The fourth-order valence-corrected chi connectivity index (χ4v) is 4.14. The molecule has 0 saturated carbocycles. The smallest absolute Gasteiger partial charge is 0.335 e. The van der Waals surface area contributed by atoms with Crippen molar-refractivity contribution in [1.29, 1.82) is 0 Å². The van der Waals surface area contributed by atoms with E-state index in [4.69, 9.17) is 5.11 Å². The third kappa shape index (κ3) is 4.11. The van der Waals surface area contributed by atoms with Gasteiger partial charge in [0.05, 0.1) is 17.1 Å². The number of carbonyl (C=O) groups excluding carboxylic acids is 1. The number of pyridine rings is 1. The molecule has 0 radical (unpaired) electrons. The van der Waals surface area contributed by atoms with Crippen molar-refractivity contribution in [1.82, 2.24) is 20.5 Å². The van der Waals surface area contributed by atoms with Crippen LogP contribution in [0.2, 0.25) is 0 Å². The fourth-order valence-electron chi connectivity index (χ4n) is 4.14. The third-order valence-electron chi connectivity index (χ3n) is 5.96. The van der Waals surface area contributed by atoms with Crippen LogP contribution in [0.4, 0.5) is 0 Å². The maximum absolute atomic E-state index is 13.2. The number of nitrogens with zero attached hydrogens (tertiary/aromatic N) is 2. The molecule has 3 N–H and O–H groups in total. The average Bonchev–Trinajstić information content (AvgIpc) is 3.29. The van der Waals surface area contributed by atoms with Gasteiger partial charge in [0.15, 0.2) is 5.69 Å². The maximum atomic E-state index is 13.2. The monoisotopic (exact) mass is 450 g/mol. The highest BCUT2D eigenvalue weighted by atomic mass is 16.4. The molecule has 5 aromatic rings. The van der Waals surface area contributed by atoms with E-state index in [2.05, 4.69) is 32.6 Å². The fraction of sp³-hybridized carbons (Fsp3) is 0.111. The lowest BCUT2D eigenvalue weighted by molar-refractivity contribution is 0.0696. The predicted octanol–water partition coefficient (Wildman–Crippen LogP) is 4.89. The van der Waals surface area contributed by atoms with Crippen molar-refractivity contribution < 1.29 is 14.7 Å². The summed E-state index contributed by atoms with van der Waals surface area (Å²) in [6.45, 7) is 1.85. The minimum Gasteiger partial charge on any atom is -0.478 e. The van der Waals surface area contributed by atoms with Crippen LogP contribution in [0.1, 0.15) is 50.6 Å². The molecule has 0 unspecified atom stereocenters. The highest BCUT2D eigenvalue weighted by molar-refractivity contribution is 6.06. The van der Waals surface area contributed by atoms with Crippen molar-refractivity contribution in [2.75, 3.05) is 0 Å². The van der Waals surface area contributed by atoms with Crippen molar-refractivity contribution in [3.05, 3.63) is 107 Å². The molecule has 0 aliphatic carbocycles. The van der Waals surface area contributed by atoms with Crippen LogP contribution in [0.5, 0.6) is 0 Å². The van der Waals surface area contributed by atoms with Gasteiger partial charge < -0.3 is 10.4 Å². The normalized spacial score (nSPS) is 12.0. The molecule has 3 aromatic carbocycles. The van der Waals surface area contributed by atoms with Crippen LogP contribution in [0.15, 0.2) is 79.0 Å². The number of hydrogen-bond donors (Lipinski definition) is 3. The molecular formula is C27H22N4O3. The van der Waals surface area contributed by atoms with Crippen LogP contribution in [0.3, 0.4) is 0 Å². The minimum absolute atomic E-state index is 0.201. The van der Waals surface area contributed by atoms with Crippen LogP contribution in [-0.4, -0.2) is 32.2 Å². The second-order valence-electron chi connectivity index (χ2n) is 8.23. The van der Waals surface area contributed by atoms with Crippen molar-refractivity contribution in [2.45, 2.75) is 19.4 Å². The standard InChI is InChI=1S/C27H22N4O3/c1-16(17-9-11-18(12-10-17)27(33)34)29-26(32)25-24-20(7-4-8-23(24)30-31-25)14-22-13-19-5-2-3-6-21(19)15-28-22/h2-13,15-16H,14H2,1H3,(H,29,32)(H,30,31)(H,33,34)/t16-/m0/s1. The van der Waals surface area contributed by atoms with Gasteiger partial charge in [0.25, 0.3) is 5.91 Å². The first kappa shape index (κ1) is 21.3. The Labute approximate surface area is 195 Å². The van der Waals surface area contributed by atoms with Crippen molar-refractivity contribution in [3.63, 3.8) is 0 Å². The van der Waals surface area contributed by atoms with E-state index in [1.807, 2.05) is 49.5 Å². The Morgan fingerprint density at radius 2 is 1.76 bits per heavy atom. The molecule has 34 heavy (non-hydrogen) atoms. The number of carboxylic acid groups (broad SMARTS) is 1. The molecule has 2 heterocycles. The molecule has 0 saturated heterocycles. The second-order valence-corrected chi connectivity index (χ2v) is 8.23. The van der Waals surface area contributed by atoms with E-state index in [1.165, 1.54) is 12.1 Å². The summed E-state index contributed by atoms with van der Waals surface area (Å²) in [5, 5.41) is 22.3. The van der Waals surface area contributed by atoms with Crippen molar-refractivity contribution in [2.24, 2.45) is 0 Å². The Balaban J connectivity index is 1.42. The number of H-pyrrole nitrogens is 1. The van der Waals surface area contributed by atoms with Gasteiger partial charge in [0.2, 0.25) is 0 Å². The highest BCUT2D eigenvalue weighted by Gasteiger charge is 2.20. The van der Waals surface area contributed by atoms with E-state index >= 15 is 0 Å². The predicted molar refractivity (Wildman–Crippen MR) is 130 cm³/mol. The van der Waals surface area contributed by atoms with E-state index in [9.17, 15) is 9.59 Å². The number of hydrogen-bond acceptors (Lipinski definition) is 4. The van der Waals surface area contributed by atoms with Gasteiger partial charge in [-0.05, 0) is 47.7 Å². The van der Waals surface area contributed by atoms with Gasteiger partial charge >= 0.3 is 5.97 Å². The summed E-state index contributed by atoms with van der Waals surface area (Å²) >= 11 is 0. The molecule has 168 valence electrons. The van der Waals surface area contributed by atoms with E-state index in [1.54, 1.807) is 12.1 Å². The third-order valence-corrected chi connectivity index (χ3v) is 5.96. The number of aromatic carboxylic acids is 1. The molecule has 7 nitrogen and oxygen atoms in total. The molecule has 5 rings (SSSR count). The minimum atomic E-state index is -0.986. The average molecular weight is 450 g/mol. The highest BCUT2D eigenvalue weighted by Crippen LogP contribution is 2.25. The zero-order chi connectivity index (χ0) is 23.7. The van der Waals surface area contributed by atoms with Crippen LogP contribution < -0.4 is 5.32 Å². The SMILES string of the molecule is C[C@H](NC(=O)c1n[nH]c2cccc(Cc3cc4ccccc4cn3)c12)c1ccc(C(=O)O)cc1. The number of fused-ring (bicyclic) bond motifs is 2. The Morgan fingerprint density at radius 1 is 1.00 bits per heavy atom. The molecule has 0 bridgehead atoms. The number of rotatable bonds is 6. The molecule has 2 aromatic heterocycles. The van der Waals surface area contributed by atoms with Crippen LogP contribution >= 0.6 is 0 Å². The first-order valence-corrected chi connectivity index (χ1v) is 10.9. The van der Waals surface area contributed by atoms with E-state index in [-0.39, 0.29) is 17.5 Å². The van der Waals surface area contributed by atoms with Gasteiger partial charge in [-0.1, -0.05) is 48.5 Å². The van der Waals surface area contributed by atoms with Gasteiger partial charge in [-0.15, -0.1) is 0 Å². The molecule has 0 spiro atoms. The lowest BCUT2D eigenvalue weighted by Gasteiger charge is -2.14. The molecule has 0 fully saturated rings. The van der Waals surface area contributed by atoms with Gasteiger partial charge in [-0.3, -0.25) is 14.9 Å². The molecule has 0 aliphatic rings. The van der Waals surface area contributed by atoms with E-state index < -0.39 is 5.97 Å². The zero-order valence-electron chi connectivity index (χ0n) is 18.4. The Morgan fingerprint density at radius 3 is 2.53 bits per heavy atom. The van der Waals surface area contributed by atoms with E-state index in [0.29, 0.717) is 12.1 Å². The topological polar surface area (TPSA) is 108 Å². The van der Waals surface area contributed by atoms with Crippen LogP contribution in [-0.2, 0) is 6.42 Å². The Hall–Kier alpha value is -4.52. The van der Waals surface area contributed by atoms with Gasteiger partial charge in [-0.2, -0.15) is 5.10 Å². The molecule has 1 atom stereocenters. The number of carboxylic acids is 1. The molecule has 0 aliphatic heterocycles. The van der Waals surface area contributed by atoms with Crippen molar-refractivity contribution >= 4 is 33.6 Å².